The molecular formula is C8H18N2O. The second-order valence-electron chi connectivity index (χ2n) is 3.00. The summed E-state index contributed by atoms with van der Waals surface area (Å²) in [7, 11) is 0. The zero-order valence-corrected chi connectivity index (χ0v) is 7.25. The van der Waals surface area contributed by atoms with Gasteiger partial charge in [-0.05, 0) is 6.42 Å². The van der Waals surface area contributed by atoms with Gasteiger partial charge in [0.2, 0.25) is 0 Å². The minimum Gasteiger partial charge on any atom is -0.379 e. The summed E-state index contributed by atoms with van der Waals surface area (Å²) in [5, 5.41) is 0. The van der Waals surface area contributed by atoms with E-state index in [0.717, 1.165) is 32.7 Å². The smallest absolute Gasteiger partial charge is 0.0594 e. The van der Waals surface area contributed by atoms with Gasteiger partial charge < -0.3 is 10.5 Å². The first-order chi connectivity index (χ1) is 5.34. The fourth-order valence-corrected chi connectivity index (χ4v) is 1.39. The molecule has 3 nitrogen and oxygen atoms in total. The van der Waals surface area contributed by atoms with Crippen LogP contribution in [-0.2, 0) is 4.74 Å². The van der Waals surface area contributed by atoms with E-state index in [1.165, 1.54) is 6.42 Å². The second-order valence-corrected chi connectivity index (χ2v) is 3.00. The summed E-state index contributed by atoms with van der Waals surface area (Å²) < 4.78 is 5.23. The highest BCUT2D eigenvalue weighted by Crippen LogP contribution is 2.04. The molecule has 0 saturated carbocycles. The molecule has 2 N–H and O–H groups in total. The molecule has 1 saturated heterocycles. The first-order valence-corrected chi connectivity index (χ1v) is 4.42. The summed E-state index contributed by atoms with van der Waals surface area (Å²) in [6, 6.07) is 0. The SMILES string of the molecule is CCCC(N)N1CCOCC1. The quantitative estimate of drug-likeness (QED) is 0.646. The van der Waals surface area contributed by atoms with E-state index in [-0.39, 0.29) is 6.17 Å². The molecule has 1 aliphatic heterocycles. The molecule has 11 heavy (non-hydrogen) atoms. The Kier molecular flexibility index (Phi) is 3.83. The van der Waals surface area contributed by atoms with Crippen molar-refractivity contribution < 1.29 is 4.74 Å². The molecule has 66 valence electrons. The number of nitrogens with zero attached hydrogens (tertiary/aromatic N) is 1. The summed E-state index contributed by atoms with van der Waals surface area (Å²) in [4.78, 5) is 2.30. The lowest BCUT2D eigenvalue weighted by atomic mass is 10.2. The molecule has 1 fully saturated rings. The van der Waals surface area contributed by atoms with Crippen LogP contribution in [0.5, 0.6) is 0 Å². The van der Waals surface area contributed by atoms with Crippen molar-refractivity contribution >= 4 is 0 Å². The van der Waals surface area contributed by atoms with E-state index in [1.807, 2.05) is 0 Å². The standard InChI is InChI=1S/C8H18N2O/c1-2-3-8(9)10-4-6-11-7-5-10/h8H,2-7,9H2,1H3. The third-order valence-electron chi connectivity index (χ3n) is 2.10. The predicted molar refractivity (Wildman–Crippen MR) is 45.3 cm³/mol. The van der Waals surface area contributed by atoms with E-state index < -0.39 is 0 Å². The fraction of sp³-hybridized carbons (Fsp3) is 1.00. The molecule has 0 aromatic heterocycles. The Labute approximate surface area is 68.5 Å². The van der Waals surface area contributed by atoms with Crippen LogP contribution in [0.3, 0.4) is 0 Å². The van der Waals surface area contributed by atoms with Gasteiger partial charge in [0.05, 0.1) is 19.4 Å². The molecular weight excluding hydrogens is 140 g/mol. The molecule has 1 rings (SSSR count). The van der Waals surface area contributed by atoms with Crippen LogP contribution in [0.15, 0.2) is 0 Å². The van der Waals surface area contributed by atoms with E-state index in [1.54, 1.807) is 0 Å². The number of ether oxygens (including phenoxy) is 1. The maximum absolute atomic E-state index is 5.93. The Morgan fingerprint density at radius 1 is 1.45 bits per heavy atom. The first kappa shape index (κ1) is 8.97. The molecule has 0 spiro atoms. The van der Waals surface area contributed by atoms with Gasteiger partial charge in [0.25, 0.3) is 0 Å². The van der Waals surface area contributed by atoms with Crippen molar-refractivity contribution in [2.45, 2.75) is 25.9 Å². The normalized spacial score (nSPS) is 23.5. The van der Waals surface area contributed by atoms with Crippen LogP contribution >= 0.6 is 0 Å². The number of hydrogen-bond donors (Lipinski definition) is 1. The van der Waals surface area contributed by atoms with E-state index in [4.69, 9.17) is 10.5 Å². The van der Waals surface area contributed by atoms with Crippen molar-refractivity contribution in [3.63, 3.8) is 0 Å². The number of nitrogens with two attached hydrogens (primary N) is 1. The lowest BCUT2D eigenvalue weighted by molar-refractivity contribution is 0.0159. The topological polar surface area (TPSA) is 38.5 Å². The predicted octanol–water partition coefficient (Wildman–Crippen LogP) is 0.403. The number of rotatable bonds is 3. The lowest BCUT2D eigenvalue weighted by Gasteiger charge is -2.31. The molecule has 0 aromatic carbocycles. The summed E-state index contributed by atoms with van der Waals surface area (Å²) in [6.07, 6.45) is 2.52. The minimum atomic E-state index is 0.254. The average Bonchev–Trinajstić information content (AvgIpc) is 2.07. The van der Waals surface area contributed by atoms with E-state index in [0.29, 0.717) is 0 Å². The Balaban J connectivity index is 2.21. The van der Waals surface area contributed by atoms with Crippen molar-refractivity contribution in [1.82, 2.24) is 4.90 Å². The molecule has 1 heterocycles. The monoisotopic (exact) mass is 158 g/mol. The highest BCUT2D eigenvalue weighted by atomic mass is 16.5. The summed E-state index contributed by atoms with van der Waals surface area (Å²) in [6.45, 7) is 5.86. The zero-order chi connectivity index (χ0) is 8.10. The summed E-state index contributed by atoms with van der Waals surface area (Å²) in [5.41, 5.74) is 5.93. The molecule has 0 radical (unpaired) electrons. The number of morpholine rings is 1. The van der Waals surface area contributed by atoms with Gasteiger partial charge in [0.15, 0.2) is 0 Å². The number of hydrogen-bond acceptors (Lipinski definition) is 3. The van der Waals surface area contributed by atoms with Crippen LogP contribution < -0.4 is 5.73 Å². The van der Waals surface area contributed by atoms with E-state index in [2.05, 4.69) is 11.8 Å². The van der Waals surface area contributed by atoms with Crippen LogP contribution in [0.25, 0.3) is 0 Å². The molecule has 0 bridgehead atoms. The Bertz CT molecular complexity index is 102. The Morgan fingerprint density at radius 2 is 2.09 bits per heavy atom. The van der Waals surface area contributed by atoms with Crippen LogP contribution in [0.2, 0.25) is 0 Å². The van der Waals surface area contributed by atoms with Gasteiger partial charge in [-0.3, -0.25) is 4.90 Å². The van der Waals surface area contributed by atoms with E-state index >= 15 is 0 Å². The average molecular weight is 158 g/mol. The van der Waals surface area contributed by atoms with Crippen LogP contribution in [0, 0.1) is 0 Å². The third kappa shape index (κ3) is 2.77. The molecule has 1 aliphatic rings. The van der Waals surface area contributed by atoms with Crippen LogP contribution in [0.4, 0.5) is 0 Å². The second kappa shape index (κ2) is 4.70. The minimum absolute atomic E-state index is 0.254. The molecule has 3 heteroatoms. The van der Waals surface area contributed by atoms with Gasteiger partial charge in [-0.1, -0.05) is 13.3 Å². The Hall–Kier alpha value is -0.120. The third-order valence-corrected chi connectivity index (χ3v) is 2.10. The fourth-order valence-electron chi connectivity index (χ4n) is 1.39. The van der Waals surface area contributed by atoms with Gasteiger partial charge in [-0.2, -0.15) is 0 Å². The van der Waals surface area contributed by atoms with Crippen molar-refractivity contribution in [2.24, 2.45) is 5.73 Å². The highest BCUT2D eigenvalue weighted by Gasteiger charge is 2.15. The van der Waals surface area contributed by atoms with Gasteiger partial charge in [0.1, 0.15) is 0 Å². The zero-order valence-electron chi connectivity index (χ0n) is 7.25. The molecule has 1 atom stereocenters. The van der Waals surface area contributed by atoms with Crippen LogP contribution in [-0.4, -0.2) is 37.4 Å². The largest absolute Gasteiger partial charge is 0.379 e. The summed E-state index contributed by atoms with van der Waals surface area (Å²) in [5.74, 6) is 0. The molecule has 0 aliphatic carbocycles. The maximum Gasteiger partial charge on any atom is 0.0594 e. The van der Waals surface area contributed by atoms with Crippen molar-refractivity contribution in [3.05, 3.63) is 0 Å². The Morgan fingerprint density at radius 3 is 2.64 bits per heavy atom. The highest BCUT2D eigenvalue weighted by molar-refractivity contribution is 4.67. The first-order valence-electron chi connectivity index (χ1n) is 4.42. The molecule has 0 aromatic rings. The van der Waals surface area contributed by atoms with Crippen LogP contribution in [0.1, 0.15) is 19.8 Å². The van der Waals surface area contributed by atoms with Crippen molar-refractivity contribution in [1.29, 1.82) is 0 Å². The maximum atomic E-state index is 5.93. The lowest BCUT2D eigenvalue weighted by Crippen LogP contribution is -2.47. The van der Waals surface area contributed by atoms with Gasteiger partial charge in [-0.25, -0.2) is 0 Å². The van der Waals surface area contributed by atoms with Crippen molar-refractivity contribution in [2.75, 3.05) is 26.3 Å². The summed E-state index contributed by atoms with van der Waals surface area (Å²) >= 11 is 0. The van der Waals surface area contributed by atoms with Gasteiger partial charge in [-0.15, -0.1) is 0 Å². The molecule has 1 unspecified atom stereocenters. The van der Waals surface area contributed by atoms with Crippen molar-refractivity contribution in [3.8, 4) is 0 Å². The van der Waals surface area contributed by atoms with Gasteiger partial charge in [0, 0.05) is 13.1 Å². The van der Waals surface area contributed by atoms with E-state index in [9.17, 15) is 0 Å². The molecule has 0 amide bonds. The van der Waals surface area contributed by atoms with Gasteiger partial charge >= 0.3 is 0 Å².